The first kappa shape index (κ1) is 10.7. The number of cyclic esters (lactones) is 1. The smallest absolute Gasteiger partial charge is 0.326 e. The van der Waals surface area contributed by atoms with Gasteiger partial charge in [0.1, 0.15) is 12.8 Å². The highest BCUT2D eigenvalue weighted by Crippen LogP contribution is 2.20. The lowest BCUT2D eigenvalue weighted by Gasteiger charge is -2.34. The van der Waals surface area contributed by atoms with Gasteiger partial charge >= 0.3 is 5.97 Å². The average molecular weight is 232 g/mol. The molecule has 90 valence electrons. The Labute approximate surface area is 101 Å². The lowest BCUT2D eigenvalue weighted by Crippen LogP contribution is -2.56. The van der Waals surface area contributed by atoms with Gasteiger partial charge in [0.2, 0.25) is 0 Å². The van der Waals surface area contributed by atoms with Gasteiger partial charge < -0.3 is 10.1 Å². The van der Waals surface area contributed by atoms with Gasteiger partial charge in [-0.3, -0.25) is 9.69 Å². The van der Waals surface area contributed by atoms with Gasteiger partial charge in [-0.1, -0.05) is 30.3 Å². The molecule has 1 aromatic carbocycles. The molecule has 0 aromatic heterocycles. The molecule has 0 saturated carbocycles. The second-order valence-electron chi connectivity index (χ2n) is 4.62. The zero-order chi connectivity index (χ0) is 11.7. The Balaban J connectivity index is 1.73. The summed E-state index contributed by atoms with van der Waals surface area (Å²) < 4.78 is 5.11. The summed E-state index contributed by atoms with van der Waals surface area (Å²) in [6, 6.07) is 10.6. The summed E-state index contributed by atoms with van der Waals surface area (Å²) >= 11 is 0. The van der Waals surface area contributed by atoms with Gasteiger partial charge in [0.05, 0.1) is 0 Å². The molecule has 2 saturated heterocycles. The number of hydrogen-bond donors (Lipinski definition) is 1. The topological polar surface area (TPSA) is 41.6 Å². The van der Waals surface area contributed by atoms with E-state index in [9.17, 15) is 4.79 Å². The van der Waals surface area contributed by atoms with Crippen LogP contribution in [0.2, 0.25) is 0 Å². The number of nitrogens with zero attached hydrogens (tertiary/aromatic N) is 1. The maximum atomic E-state index is 11.5. The van der Waals surface area contributed by atoms with Crippen molar-refractivity contribution in [3.05, 3.63) is 35.9 Å². The van der Waals surface area contributed by atoms with Crippen molar-refractivity contribution in [2.45, 2.75) is 18.5 Å². The Morgan fingerprint density at radius 2 is 2.12 bits per heavy atom. The highest BCUT2D eigenvalue weighted by Gasteiger charge is 2.41. The molecule has 2 atom stereocenters. The molecule has 0 spiro atoms. The highest BCUT2D eigenvalue weighted by molar-refractivity contribution is 5.78. The van der Waals surface area contributed by atoms with Gasteiger partial charge in [-0.15, -0.1) is 0 Å². The Morgan fingerprint density at radius 1 is 1.29 bits per heavy atom. The number of fused-ring (bicyclic) bond motifs is 1. The quantitative estimate of drug-likeness (QED) is 0.749. The first-order chi connectivity index (χ1) is 8.34. The van der Waals surface area contributed by atoms with Crippen LogP contribution >= 0.6 is 0 Å². The van der Waals surface area contributed by atoms with E-state index in [0.717, 1.165) is 13.0 Å². The number of benzene rings is 1. The zero-order valence-electron chi connectivity index (χ0n) is 9.63. The predicted molar refractivity (Wildman–Crippen MR) is 63.4 cm³/mol. The molecule has 0 aliphatic carbocycles. The third-order valence-electron chi connectivity index (χ3n) is 3.53. The van der Waals surface area contributed by atoms with Crippen LogP contribution in [0.25, 0.3) is 0 Å². The van der Waals surface area contributed by atoms with Crippen molar-refractivity contribution in [3.63, 3.8) is 0 Å². The molecule has 3 rings (SSSR count). The minimum absolute atomic E-state index is 0.0857. The average Bonchev–Trinajstić information content (AvgIpc) is 2.74. The molecule has 2 fully saturated rings. The minimum atomic E-state index is -0.0877. The molecule has 4 nitrogen and oxygen atoms in total. The summed E-state index contributed by atoms with van der Waals surface area (Å²) in [5.41, 5.74) is 1.30. The summed E-state index contributed by atoms with van der Waals surface area (Å²) in [5.74, 6) is -0.0877. The van der Waals surface area contributed by atoms with Crippen LogP contribution in [0.1, 0.15) is 5.56 Å². The van der Waals surface area contributed by atoms with Crippen LogP contribution in [0, 0.1) is 0 Å². The number of piperazine rings is 1. The number of esters is 1. The van der Waals surface area contributed by atoms with Crippen molar-refractivity contribution in [1.29, 1.82) is 0 Å². The molecule has 17 heavy (non-hydrogen) atoms. The molecule has 1 aromatic rings. The van der Waals surface area contributed by atoms with E-state index >= 15 is 0 Å². The predicted octanol–water partition coefficient (Wildman–Crippen LogP) is 0.386. The third kappa shape index (κ3) is 2.06. The molecule has 1 N–H and O–H groups in total. The van der Waals surface area contributed by atoms with Crippen molar-refractivity contribution in [3.8, 4) is 0 Å². The van der Waals surface area contributed by atoms with Crippen molar-refractivity contribution in [1.82, 2.24) is 10.2 Å². The number of carbonyl (C=O) groups is 1. The Hall–Kier alpha value is -1.39. The number of nitrogens with one attached hydrogen (secondary N) is 1. The maximum Gasteiger partial charge on any atom is 0.326 e. The fraction of sp³-hybridized carbons (Fsp3) is 0.462. The van der Waals surface area contributed by atoms with Gasteiger partial charge in [0.15, 0.2) is 0 Å². The van der Waals surface area contributed by atoms with Gasteiger partial charge in [-0.2, -0.15) is 0 Å². The van der Waals surface area contributed by atoms with Crippen LogP contribution in [-0.4, -0.2) is 42.8 Å². The number of hydrogen-bond acceptors (Lipinski definition) is 4. The molecule has 0 radical (unpaired) electrons. The minimum Gasteiger partial charge on any atom is -0.448 e. The van der Waals surface area contributed by atoms with Gasteiger partial charge in [0, 0.05) is 19.1 Å². The molecular formula is C13H16N2O2. The van der Waals surface area contributed by atoms with E-state index in [-0.39, 0.29) is 12.0 Å². The zero-order valence-corrected chi connectivity index (χ0v) is 9.63. The molecule has 0 amide bonds. The molecule has 2 aliphatic heterocycles. The maximum absolute atomic E-state index is 11.5. The highest BCUT2D eigenvalue weighted by atomic mass is 16.6. The molecule has 2 unspecified atom stereocenters. The fourth-order valence-corrected chi connectivity index (χ4v) is 2.60. The van der Waals surface area contributed by atoms with Crippen molar-refractivity contribution in [2.75, 3.05) is 19.8 Å². The van der Waals surface area contributed by atoms with Crippen LogP contribution in [0.3, 0.4) is 0 Å². The molecule has 0 bridgehead atoms. The first-order valence-corrected chi connectivity index (χ1v) is 6.01. The monoisotopic (exact) mass is 232 g/mol. The van der Waals surface area contributed by atoms with Crippen LogP contribution in [0.4, 0.5) is 0 Å². The largest absolute Gasteiger partial charge is 0.448 e. The number of ether oxygens (including phenoxy) is 1. The van der Waals surface area contributed by atoms with E-state index in [0.29, 0.717) is 19.3 Å². The standard InChI is InChI=1S/C13H16N2O2/c16-13-12-8-14-7-11(15(12)9-17-13)6-10-4-2-1-3-5-10/h1-5,11-12,14H,6-9H2. The SMILES string of the molecule is O=C1OCN2C(Cc3ccccc3)CNCC12. The van der Waals surface area contributed by atoms with Gasteiger partial charge in [0.25, 0.3) is 0 Å². The van der Waals surface area contributed by atoms with E-state index in [4.69, 9.17) is 4.74 Å². The fourth-order valence-electron chi connectivity index (χ4n) is 2.60. The number of rotatable bonds is 2. The van der Waals surface area contributed by atoms with E-state index < -0.39 is 0 Å². The Morgan fingerprint density at radius 3 is 2.94 bits per heavy atom. The van der Waals surface area contributed by atoms with Gasteiger partial charge in [-0.25, -0.2) is 0 Å². The van der Waals surface area contributed by atoms with Crippen LogP contribution in [0.5, 0.6) is 0 Å². The van der Waals surface area contributed by atoms with E-state index in [1.807, 2.05) is 6.07 Å². The molecule has 2 heterocycles. The Bertz CT molecular complexity index is 407. The van der Waals surface area contributed by atoms with E-state index in [1.165, 1.54) is 5.56 Å². The van der Waals surface area contributed by atoms with Crippen LogP contribution < -0.4 is 5.32 Å². The lowest BCUT2D eigenvalue weighted by atomic mass is 10.0. The third-order valence-corrected chi connectivity index (χ3v) is 3.53. The first-order valence-electron chi connectivity index (χ1n) is 6.01. The second-order valence-corrected chi connectivity index (χ2v) is 4.62. The summed E-state index contributed by atoms with van der Waals surface area (Å²) in [6.45, 7) is 2.08. The molecule has 2 aliphatic rings. The molecule has 4 heteroatoms. The van der Waals surface area contributed by atoms with E-state index in [1.54, 1.807) is 0 Å². The van der Waals surface area contributed by atoms with Crippen molar-refractivity contribution >= 4 is 5.97 Å². The van der Waals surface area contributed by atoms with Crippen LogP contribution in [0.15, 0.2) is 30.3 Å². The summed E-state index contributed by atoms with van der Waals surface area (Å²) in [6.07, 6.45) is 0.959. The van der Waals surface area contributed by atoms with Crippen molar-refractivity contribution < 1.29 is 9.53 Å². The molecular weight excluding hydrogens is 216 g/mol. The van der Waals surface area contributed by atoms with E-state index in [2.05, 4.69) is 34.5 Å². The van der Waals surface area contributed by atoms with Gasteiger partial charge in [-0.05, 0) is 12.0 Å². The summed E-state index contributed by atoms with van der Waals surface area (Å²) in [7, 11) is 0. The summed E-state index contributed by atoms with van der Waals surface area (Å²) in [5, 5.41) is 3.31. The normalized spacial score (nSPS) is 28.8. The summed E-state index contributed by atoms with van der Waals surface area (Å²) in [4.78, 5) is 13.7. The van der Waals surface area contributed by atoms with Crippen LogP contribution in [-0.2, 0) is 16.0 Å². The van der Waals surface area contributed by atoms with Crippen molar-refractivity contribution in [2.24, 2.45) is 0 Å². The number of carbonyl (C=O) groups excluding carboxylic acids is 1. The second kappa shape index (κ2) is 4.47. The lowest BCUT2D eigenvalue weighted by molar-refractivity contribution is -0.139. The Kier molecular flexibility index (Phi) is 2.82.